The van der Waals surface area contributed by atoms with Gasteiger partial charge in [-0.25, -0.2) is 0 Å². The Morgan fingerprint density at radius 3 is 2.92 bits per heavy atom. The van der Waals surface area contributed by atoms with E-state index in [2.05, 4.69) is 0 Å². The van der Waals surface area contributed by atoms with E-state index in [0.29, 0.717) is 5.92 Å². The molecule has 3 nitrogen and oxygen atoms in total. The molecule has 0 amide bonds. The summed E-state index contributed by atoms with van der Waals surface area (Å²) in [5.74, 6) is 2.22. The lowest BCUT2D eigenvalue weighted by Gasteiger charge is -2.14. The van der Waals surface area contributed by atoms with Crippen LogP contribution in [0.1, 0.15) is 24.0 Å². The van der Waals surface area contributed by atoms with Gasteiger partial charge < -0.3 is 14.9 Å². The minimum Gasteiger partial charge on any atom is -0.465 e. The van der Waals surface area contributed by atoms with Gasteiger partial charge in [-0.3, -0.25) is 0 Å². The fourth-order valence-corrected chi connectivity index (χ4v) is 1.70. The van der Waals surface area contributed by atoms with E-state index in [0.717, 1.165) is 31.2 Å². The summed E-state index contributed by atoms with van der Waals surface area (Å²) in [7, 11) is 0. The van der Waals surface area contributed by atoms with Crippen LogP contribution in [0.15, 0.2) is 16.5 Å². The molecule has 0 aliphatic carbocycles. The van der Waals surface area contributed by atoms with Gasteiger partial charge in [-0.2, -0.15) is 0 Å². The zero-order chi connectivity index (χ0) is 9.26. The van der Waals surface area contributed by atoms with Crippen molar-refractivity contribution in [2.24, 2.45) is 11.7 Å². The van der Waals surface area contributed by atoms with Gasteiger partial charge in [0.1, 0.15) is 11.5 Å². The lowest BCUT2D eigenvalue weighted by Crippen LogP contribution is -2.20. The zero-order valence-electron chi connectivity index (χ0n) is 7.82. The van der Waals surface area contributed by atoms with E-state index in [4.69, 9.17) is 14.9 Å². The third-order valence-electron chi connectivity index (χ3n) is 2.56. The Hall–Kier alpha value is -0.800. The summed E-state index contributed by atoms with van der Waals surface area (Å²) >= 11 is 0. The molecule has 2 unspecified atom stereocenters. The largest absolute Gasteiger partial charge is 0.465 e. The summed E-state index contributed by atoms with van der Waals surface area (Å²) in [5.41, 5.74) is 6.04. The van der Waals surface area contributed by atoms with Gasteiger partial charge in [-0.1, -0.05) is 0 Å². The van der Waals surface area contributed by atoms with Crippen LogP contribution in [0, 0.1) is 12.8 Å². The number of ether oxygens (including phenoxy) is 1. The first-order valence-corrected chi connectivity index (χ1v) is 4.67. The van der Waals surface area contributed by atoms with Crippen molar-refractivity contribution in [3.05, 3.63) is 23.7 Å². The van der Waals surface area contributed by atoms with Crippen LogP contribution in [-0.4, -0.2) is 13.2 Å². The number of hydrogen-bond donors (Lipinski definition) is 1. The predicted molar refractivity (Wildman–Crippen MR) is 49.3 cm³/mol. The molecule has 2 rings (SSSR count). The van der Waals surface area contributed by atoms with Crippen LogP contribution in [0.5, 0.6) is 0 Å². The SMILES string of the molecule is Cc1ccc(C(N)C2CCOC2)o1. The maximum Gasteiger partial charge on any atom is 0.121 e. The lowest BCUT2D eigenvalue weighted by atomic mass is 9.98. The smallest absolute Gasteiger partial charge is 0.121 e. The number of hydrogen-bond acceptors (Lipinski definition) is 3. The summed E-state index contributed by atoms with van der Waals surface area (Å²) in [5, 5.41) is 0. The normalized spacial score (nSPS) is 24.9. The van der Waals surface area contributed by atoms with Crippen LogP contribution in [0.25, 0.3) is 0 Å². The topological polar surface area (TPSA) is 48.4 Å². The molecule has 1 saturated heterocycles. The molecule has 0 saturated carbocycles. The van der Waals surface area contributed by atoms with Gasteiger partial charge in [0, 0.05) is 12.5 Å². The van der Waals surface area contributed by atoms with Crippen molar-refractivity contribution in [3.8, 4) is 0 Å². The average Bonchev–Trinajstić information content (AvgIpc) is 2.72. The van der Waals surface area contributed by atoms with Gasteiger partial charge in [-0.05, 0) is 25.5 Å². The number of nitrogens with two attached hydrogens (primary N) is 1. The first-order chi connectivity index (χ1) is 6.27. The average molecular weight is 181 g/mol. The van der Waals surface area contributed by atoms with E-state index in [-0.39, 0.29) is 6.04 Å². The second kappa shape index (κ2) is 3.52. The molecule has 1 aliphatic heterocycles. The third kappa shape index (κ3) is 1.76. The Morgan fingerprint density at radius 2 is 2.38 bits per heavy atom. The molecule has 1 aliphatic rings. The molecule has 2 atom stereocenters. The molecule has 2 N–H and O–H groups in total. The van der Waals surface area contributed by atoms with Crippen molar-refractivity contribution in [2.45, 2.75) is 19.4 Å². The van der Waals surface area contributed by atoms with Gasteiger partial charge in [-0.15, -0.1) is 0 Å². The monoisotopic (exact) mass is 181 g/mol. The molecule has 1 fully saturated rings. The van der Waals surface area contributed by atoms with Crippen LogP contribution in [0.4, 0.5) is 0 Å². The van der Waals surface area contributed by atoms with Gasteiger partial charge >= 0.3 is 0 Å². The molecular weight excluding hydrogens is 166 g/mol. The second-order valence-corrected chi connectivity index (χ2v) is 3.60. The summed E-state index contributed by atoms with van der Waals surface area (Å²) in [4.78, 5) is 0. The van der Waals surface area contributed by atoms with Crippen LogP contribution in [0.3, 0.4) is 0 Å². The van der Waals surface area contributed by atoms with Gasteiger partial charge in [0.05, 0.1) is 12.6 Å². The van der Waals surface area contributed by atoms with Gasteiger partial charge in [0.15, 0.2) is 0 Å². The molecule has 1 aromatic heterocycles. The highest BCUT2D eigenvalue weighted by molar-refractivity contribution is 5.10. The van der Waals surface area contributed by atoms with Crippen LogP contribution >= 0.6 is 0 Å². The van der Waals surface area contributed by atoms with Crippen molar-refractivity contribution >= 4 is 0 Å². The quantitative estimate of drug-likeness (QED) is 0.754. The summed E-state index contributed by atoms with van der Waals surface area (Å²) in [6.07, 6.45) is 1.04. The van der Waals surface area contributed by atoms with Crippen molar-refractivity contribution in [1.82, 2.24) is 0 Å². The van der Waals surface area contributed by atoms with E-state index in [1.54, 1.807) is 0 Å². The summed E-state index contributed by atoms with van der Waals surface area (Å²) in [6, 6.07) is 3.90. The molecule has 0 bridgehead atoms. The third-order valence-corrected chi connectivity index (χ3v) is 2.56. The molecule has 0 aromatic carbocycles. The molecule has 2 heterocycles. The standard InChI is InChI=1S/C10H15NO2/c1-7-2-3-9(13-7)10(11)8-4-5-12-6-8/h2-3,8,10H,4-6,11H2,1H3. The Labute approximate surface area is 77.9 Å². The van der Waals surface area contributed by atoms with E-state index in [9.17, 15) is 0 Å². The minimum atomic E-state index is -0.00352. The molecule has 1 aromatic rings. The predicted octanol–water partition coefficient (Wildman–Crippen LogP) is 1.62. The Morgan fingerprint density at radius 1 is 1.54 bits per heavy atom. The number of rotatable bonds is 2. The Balaban J connectivity index is 2.07. The van der Waals surface area contributed by atoms with Crippen molar-refractivity contribution in [3.63, 3.8) is 0 Å². The highest BCUT2D eigenvalue weighted by atomic mass is 16.5. The molecule has 13 heavy (non-hydrogen) atoms. The van der Waals surface area contributed by atoms with Crippen LogP contribution in [-0.2, 0) is 4.74 Å². The van der Waals surface area contributed by atoms with Gasteiger partial charge in [0.25, 0.3) is 0 Å². The van der Waals surface area contributed by atoms with E-state index >= 15 is 0 Å². The summed E-state index contributed by atoms with van der Waals surface area (Å²) < 4.78 is 10.8. The van der Waals surface area contributed by atoms with Gasteiger partial charge in [0.2, 0.25) is 0 Å². The van der Waals surface area contributed by atoms with E-state index in [1.165, 1.54) is 0 Å². The number of aryl methyl sites for hydroxylation is 1. The maximum atomic E-state index is 6.04. The summed E-state index contributed by atoms with van der Waals surface area (Å²) in [6.45, 7) is 3.53. The van der Waals surface area contributed by atoms with Crippen LogP contribution < -0.4 is 5.73 Å². The highest BCUT2D eigenvalue weighted by Gasteiger charge is 2.25. The second-order valence-electron chi connectivity index (χ2n) is 3.60. The first kappa shape index (κ1) is 8.78. The van der Waals surface area contributed by atoms with E-state index < -0.39 is 0 Å². The molecule has 3 heteroatoms. The molecule has 0 radical (unpaired) electrons. The minimum absolute atomic E-state index is 0.00352. The van der Waals surface area contributed by atoms with E-state index in [1.807, 2.05) is 19.1 Å². The fourth-order valence-electron chi connectivity index (χ4n) is 1.70. The Bertz CT molecular complexity index is 276. The Kier molecular flexibility index (Phi) is 2.38. The molecular formula is C10H15NO2. The first-order valence-electron chi connectivity index (χ1n) is 4.67. The van der Waals surface area contributed by atoms with Crippen molar-refractivity contribution in [2.75, 3.05) is 13.2 Å². The lowest BCUT2D eigenvalue weighted by molar-refractivity contribution is 0.178. The molecule has 0 spiro atoms. The molecule has 72 valence electrons. The maximum absolute atomic E-state index is 6.04. The van der Waals surface area contributed by atoms with Crippen molar-refractivity contribution in [1.29, 1.82) is 0 Å². The van der Waals surface area contributed by atoms with Crippen molar-refractivity contribution < 1.29 is 9.15 Å². The van der Waals surface area contributed by atoms with Crippen LogP contribution in [0.2, 0.25) is 0 Å². The highest BCUT2D eigenvalue weighted by Crippen LogP contribution is 2.27. The zero-order valence-corrected chi connectivity index (χ0v) is 7.82. The number of furan rings is 1. The fraction of sp³-hybridized carbons (Fsp3) is 0.600.